The van der Waals surface area contributed by atoms with Crippen LogP contribution >= 0.6 is 34.5 Å². The summed E-state index contributed by atoms with van der Waals surface area (Å²) in [5.74, 6) is -1.45. The molecule has 0 spiro atoms. The van der Waals surface area contributed by atoms with E-state index in [1.54, 1.807) is 68.5 Å². The van der Waals surface area contributed by atoms with Crippen LogP contribution in [0, 0.1) is 11.3 Å². The number of hydrogen-bond acceptors (Lipinski definition) is 6. The number of carbonyl (C=O) groups excluding carboxylic acids is 1. The molecule has 1 aliphatic rings. The van der Waals surface area contributed by atoms with Gasteiger partial charge in [0.2, 0.25) is 0 Å². The van der Waals surface area contributed by atoms with Crippen molar-refractivity contribution in [2.45, 2.75) is 25.9 Å². The summed E-state index contributed by atoms with van der Waals surface area (Å²) in [4.78, 5) is 26.7. The minimum atomic E-state index is -0.810. The molecule has 0 bridgehead atoms. The number of thiazole rings is 1. The number of esters is 1. The molecule has 0 radical (unpaired) electrons. The average Bonchev–Trinajstić information content (AvgIpc) is 3.11. The minimum absolute atomic E-state index is 0.0180. The number of benzene rings is 2. The molecular weight excluding hydrogens is 493 g/mol. The molecule has 9 heteroatoms. The van der Waals surface area contributed by atoms with Gasteiger partial charge in [-0.2, -0.15) is 5.26 Å². The monoisotopic (exact) mass is 511 g/mol. The fraction of sp³-hybridized carbons (Fsp3) is 0.160. The number of ether oxygens (including phenoxy) is 1. The summed E-state index contributed by atoms with van der Waals surface area (Å²) >= 11 is 13.1. The van der Waals surface area contributed by atoms with E-state index in [1.165, 1.54) is 4.57 Å². The fourth-order valence-electron chi connectivity index (χ4n) is 3.72. The van der Waals surface area contributed by atoms with Gasteiger partial charge in [-0.15, -0.1) is 11.3 Å². The molecule has 0 aliphatic carbocycles. The van der Waals surface area contributed by atoms with Crippen LogP contribution in [-0.2, 0) is 9.53 Å². The topological polar surface area (TPSA) is 98.1 Å². The zero-order chi connectivity index (χ0) is 24.6. The molecule has 1 unspecified atom stereocenters. The molecule has 1 aliphatic heterocycles. The Morgan fingerprint density at radius 3 is 2.29 bits per heavy atom. The lowest BCUT2D eigenvalue weighted by atomic mass is 9.84. The minimum Gasteiger partial charge on any atom is -0.460 e. The average molecular weight is 512 g/mol. The number of halogens is 2. The van der Waals surface area contributed by atoms with Crippen LogP contribution in [0.3, 0.4) is 0 Å². The van der Waals surface area contributed by atoms with Crippen LogP contribution in [0.25, 0.3) is 17.5 Å². The normalized spacial score (nSPS) is 15.9. The van der Waals surface area contributed by atoms with Crippen LogP contribution in [0.15, 0.2) is 58.9 Å². The second kappa shape index (κ2) is 9.51. The summed E-state index contributed by atoms with van der Waals surface area (Å²) in [5, 5.41) is 11.1. The Kier molecular flexibility index (Phi) is 6.67. The van der Waals surface area contributed by atoms with Crippen molar-refractivity contribution in [1.29, 1.82) is 5.26 Å². The number of carbonyl (C=O) groups is 1. The Bertz CT molecular complexity index is 1530. The fourth-order valence-corrected chi connectivity index (χ4v) is 5.14. The van der Waals surface area contributed by atoms with Crippen molar-refractivity contribution in [2.75, 3.05) is 0 Å². The highest BCUT2D eigenvalue weighted by Crippen LogP contribution is 2.37. The zero-order valence-corrected chi connectivity index (χ0v) is 20.5. The molecule has 172 valence electrons. The van der Waals surface area contributed by atoms with Gasteiger partial charge in [-0.05, 0) is 55.3 Å². The molecule has 4 rings (SSSR count). The van der Waals surface area contributed by atoms with Gasteiger partial charge < -0.3 is 10.5 Å². The van der Waals surface area contributed by atoms with Crippen LogP contribution in [0.2, 0.25) is 10.0 Å². The Morgan fingerprint density at radius 1 is 1.15 bits per heavy atom. The Balaban J connectivity index is 2.08. The summed E-state index contributed by atoms with van der Waals surface area (Å²) in [5.41, 5.74) is 7.58. The molecule has 2 heterocycles. The number of aromatic nitrogens is 1. The van der Waals surface area contributed by atoms with Gasteiger partial charge in [0.25, 0.3) is 5.56 Å². The van der Waals surface area contributed by atoms with E-state index >= 15 is 0 Å². The summed E-state index contributed by atoms with van der Waals surface area (Å²) in [7, 11) is 0. The van der Waals surface area contributed by atoms with Gasteiger partial charge >= 0.3 is 5.97 Å². The van der Waals surface area contributed by atoms with E-state index < -0.39 is 23.6 Å². The second-order valence-electron chi connectivity index (χ2n) is 7.87. The number of nitriles is 1. The zero-order valence-electron chi connectivity index (χ0n) is 18.2. The molecule has 1 atom stereocenters. The van der Waals surface area contributed by atoms with E-state index in [0.29, 0.717) is 24.8 Å². The maximum atomic E-state index is 13.3. The summed E-state index contributed by atoms with van der Waals surface area (Å²) in [6.45, 7) is 3.46. The van der Waals surface area contributed by atoms with Crippen molar-refractivity contribution in [3.8, 4) is 6.07 Å². The largest absolute Gasteiger partial charge is 0.460 e. The van der Waals surface area contributed by atoms with Crippen LogP contribution in [0.1, 0.15) is 30.9 Å². The van der Waals surface area contributed by atoms with Crippen molar-refractivity contribution in [2.24, 2.45) is 5.73 Å². The summed E-state index contributed by atoms with van der Waals surface area (Å²) < 4.78 is 7.42. The number of nitrogens with zero attached hydrogens (tertiary/aromatic N) is 2. The number of rotatable bonds is 4. The molecule has 3 aromatic rings. The third kappa shape index (κ3) is 4.40. The maximum Gasteiger partial charge on any atom is 0.338 e. The first-order valence-corrected chi connectivity index (χ1v) is 11.9. The third-order valence-corrected chi connectivity index (χ3v) is 6.81. The van der Waals surface area contributed by atoms with E-state index in [1.807, 2.05) is 0 Å². The van der Waals surface area contributed by atoms with Gasteiger partial charge in [0.1, 0.15) is 10.5 Å². The Labute approximate surface area is 209 Å². The highest BCUT2D eigenvalue weighted by molar-refractivity contribution is 7.07. The first-order chi connectivity index (χ1) is 16.2. The number of nitrogens with two attached hydrogens (primary N) is 1. The van der Waals surface area contributed by atoms with Gasteiger partial charge in [0.05, 0.1) is 33.8 Å². The van der Waals surface area contributed by atoms with Crippen LogP contribution in [-0.4, -0.2) is 16.6 Å². The van der Waals surface area contributed by atoms with Gasteiger partial charge in [0.15, 0.2) is 0 Å². The van der Waals surface area contributed by atoms with E-state index in [4.69, 9.17) is 33.7 Å². The van der Waals surface area contributed by atoms with Crippen LogP contribution in [0.5, 0.6) is 0 Å². The molecule has 0 saturated carbocycles. The Morgan fingerprint density at radius 2 is 1.74 bits per heavy atom. The van der Waals surface area contributed by atoms with E-state index in [9.17, 15) is 14.9 Å². The lowest BCUT2D eigenvalue weighted by Gasteiger charge is -2.25. The molecule has 6 nitrogen and oxygen atoms in total. The first-order valence-electron chi connectivity index (χ1n) is 10.3. The quantitative estimate of drug-likeness (QED) is 0.539. The molecule has 1 aromatic heterocycles. The Hall–Kier alpha value is -3.31. The highest BCUT2D eigenvalue weighted by atomic mass is 35.5. The van der Waals surface area contributed by atoms with Crippen molar-refractivity contribution in [3.63, 3.8) is 0 Å². The molecule has 0 saturated heterocycles. The highest BCUT2D eigenvalue weighted by Gasteiger charge is 2.36. The van der Waals surface area contributed by atoms with Gasteiger partial charge in [0, 0.05) is 10.0 Å². The number of hydrogen-bond donors (Lipinski definition) is 1. The van der Waals surface area contributed by atoms with E-state index in [0.717, 1.165) is 16.9 Å². The van der Waals surface area contributed by atoms with Crippen molar-refractivity contribution < 1.29 is 9.53 Å². The molecule has 0 amide bonds. The lowest BCUT2D eigenvalue weighted by Crippen LogP contribution is -2.40. The third-order valence-electron chi connectivity index (χ3n) is 5.20. The standard InChI is InChI=1S/C25H19Cl2N3O3S/c1-13(2)33-25(32)21-20(15-5-9-17(27)10-6-15)18(12-28)22(29)30-23(31)19(34-24(21)30)11-14-3-7-16(26)8-4-14/h3-11,13,20H,29H2,1-2H3. The molecule has 34 heavy (non-hydrogen) atoms. The van der Waals surface area contributed by atoms with Gasteiger partial charge in [-0.1, -0.05) is 47.5 Å². The van der Waals surface area contributed by atoms with Crippen molar-refractivity contribution in [1.82, 2.24) is 4.57 Å². The van der Waals surface area contributed by atoms with Gasteiger partial charge in [-0.3, -0.25) is 9.36 Å². The molecule has 0 fully saturated rings. The predicted octanol–water partition coefficient (Wildman–Crippen LogP) is 3.60. The van der Waals surface area contributed by atoms with Crippen molar-refractivity contribution >= 4 is 58.0 Å². The van der Waals surface area contributed by atoms with Gasteiger partial charge in [-0.25, -0.2) is 4.79 Å². The summed E-state index contributed by atoms with van der Waals surface area (Å²) in [6, 6.07) is 15.9. The maximum absolute atomic E-state index is 13.3. The first kappa shape index (κ1) is 23.8. The van der Waals surface area contributed by atoms with E-state index in [2.05, 4.69) is 6.07 Å². The second-order valence-corrected chi connectivity index (χ2v) is 9.77. The van der Waals surface area contributed by atoms with Crippen molar-refractivity contribution in [3.05, 3.63) is 94.8 Å². The van der Waals surface area contributed by atoms with E-state index in [-0.39, 0.29) is 17.0 Å². The predicted molar refractivity (Wildman–Crippen MR) is 135 cm³/mol. The lowest BCUT2D eigenvalue weighted by molar-refractivity contribution is -0.140. The SMILES string of the molecule is CC(C)OC(=O)C1=c2sc(=Cc3ccc(Cl)cc3)c(=O)n2C(N)=C(C#N)C1c1ccc(Cl)cc1. The summed E-state index contributed by atoms with van der Waals surface area (Å²) in [6.07, 6.45) is 1.29. The molecule has 2 N–H and O–H groups in total. The molecule has 2 aromatic carbocycles. The smallest absolute Gasteiger partial charge is 0.338 e. The number of fused-ring (bicyclic) bond motifs is 1. The van der Waals surface area contributed by atoms with Crippen LogP contribution in [0.4, 0.5) is 0 Å². The van der Waals surface area contributed by atoms with Crippen LogP contribution < -0.4 is 20.5 Å². The number of allylic oxidation sites excluding steroid dienone is 1. The molecular formula is C25H19Cl2N3O3S.